The summed E-state index contributed by atoms with van der Waals surface area (Å²) < 4.78 is 5.31. The summed E-state index contributed by atoms with van der Waals surface area (Å²) in [6.45, 7) is 3.81. The molecule has 4 nitrogen and oxygen atoms in total. The minimum atomic E-state index is -0.486. The Kier molecular flexibility index (Phi) is 3.90. The fraction of sp³-hybridized carbons (Fsp3) is 0.263. The Morgan fingerprint density at radius 2 is 1.61 bits per heavy atom. The number of ether oxygens (including phenoxy) is 1. The number of carbonyl (C=O) groups excluding carboxylic acids is 2. The number of nitrogens with zero attached hydrogens (tertiary/aromatic N) is 1. The van der Waals surface area contributed by atoms with Crippen LogP contribution in [0.2, 0.25) is 0 Å². The van der Waals surface area contributed by atoms with Crippen molar-refractivity contribution in [2.24, 2.45) is 5.41 Å². The number of likely N-dealkylation sites (tertiary alicyclic amines) is 1. The molecule has 1 aliphatic rings. The van der Waals surface area contributed by atoms with Crippen LogP contribution in [-0.2, 0) is 9.53 Å². The van der Waals surface area contributed by atoms with E-state index >= 15 is 0 Å². The van der Waals surface area contributed by atoms with Crippen LogP contribution in [0.3, 0.4) is 0 Å². The van der Waals surface area contributed by atoms with Crippen molar-refractivity contribution in [2.45, 2.75) is 19.9 Å². The molecule has 1 unspecified atom stereocenters. The largest absolute Gasteiger partial charge is 0.441 e. The van der Waals surface area contributed by atoms with Gasteiger partial charge in [0.15, 0.2) is 6.73 Å². The molecule has 2 aromatic rings. The molecule has 1 amide bonds. The molecule has 118 valence electrons. The quantitative estimate of drug-likeness (QED) is 0.642. The number of esters is 1. The van der Waals surface area contributed by atoms with Gasteiger partial charge in [-0.3, -0.25) is 4.79 Å². The Hall–Kier alpha value is -2.62. The molecule has 0 aliphatic carbocycles. The van der Waals surface area contributed by atoms with E-state index in [-0.39, 0.29) is 18.7 Å². The molecule has 1 aliphatic heterocycles. The van der Waals surface area contributed by atoms with Crippen molar-refractivity contribution < 1.29 is 14.3 Å². The van der Waals surface area contributed by atoms with Gasteiger partial charge in [0.25, 0.3) is 0 Å². The molecule has 3 rings (SSSR count). The molecule has 1 heterocycles. The van der Waals surface area contributed by atoms with E-state index in [1.807, 2.05) is 50.2 Å². The first-order valence-corrected chi connectivity index (χ1v) is 7.60. The third kappa shape index (κ3) is 2.72. The van der Waals surface area contributed by atoms with E-state index in [0.717, 1.165) is 5.56 Å². The lowest BCUT2D eigenvalue weighted by atomic mass is 9.71. The maximum atomic E-state index is 12.4. The predicted molar refractivity (Wildman–Crippen MR) is 86.5 cm³/mol. The minimum absolute atomic E-state index is 0.00721. The van der Waals surface area contributed by atoms with Crippen LogP contribution in [0.4, 0.5) is 0 Å². The summed E-state index contributed by atoms with van der Waals surface area (Å²) in [7, 11) is 0. The summed E-state index contributed by atoms with van der Waals surface area (Å²) in [6, 6.07) is 18.5. The first kappa shape index (κ1) is 15.3. The van der Waals surface area contributed by atoms with Crippen LogP contribution in [0.5, 0.6) is 0 Å². The van der Waals surface area contributed by atoms with Crippen LogP contribution in [0, 0.1) is 5.41 Å². The fourth-order valence-corrected chi connectivity index (χ4v) is 3.08. The fourth-order valence-electron chi connectivity index (χ4n) is 3.08. The van der Waals surface area contributed by atoms with Crippen molar-refractivity contribution in [3.63, 3.8) is 0 Å². The first-order valence-electron chi connectivity index (χ1n) is 7.60. The molecule has 2 aromatic carbocycles. The summed E-state index contributed by atoms with van der Waals surface area (Å²) >= 11 is 0. The first-order chi connectivity index (χ1) is 11.0. The van der Waals surface area contributed by atoms with Gasteiger partial charge in [-0.15, -0.1) is 0 Å². The van der Waals surface area contributed by atoms with Gasteiger partial charge in [0.2, 0.25) is 5.91 Å². The monoisotopic (exact) mass is 309 g/mol. The molecule has 0 bridgehead atoms. The maximum Gasteiger partial charge on any atom is 0.339 e. The lowest BCUT2D eigenvalue weighted by molar-refractivity contribution is -0.177. The summed E-state index contributed by atoms with van der Waals surface area (Å²) in [5, 5.41) is 0. The molecule has 1 fully saturated rings. The van der Waals surface area contributed by atoms with Crippen molar-refractivity contribution in [1.29, 1.82) is 0 Å². The number of rotatable bonds is 4. The summed E-state index contributed by atoms with van der Waals surface area (Å²) in [5.41, 5.74) is 1.05. The zero-order valence-corrected chi connectivity index (χ0v) is 13.2. The van der Waals surface area contributed by atoms with Gasteiger partial charge in [-0.25, -0.2) is 4.79 Å². The number of β-lactam (4-membered cyclic amide) rings is 1. The lowest BCUT2D eigenvalue weighted by Crippen LogP contribution is -2.61. The third-order valence-corrected chi connectivity index (χ3v) is 4.27. The summed E-state index contributed by atoms with van der Waals surface area (Å²) in [6.07, 6.45) is 0. The van der Waals surface area contributed by atoms with Gasteiger partial charge >= 0.3 is 5.97 Å². The maximum absolute atomic E-state index is 12.4. The second-order valence-corrected chi connectivity index (χ2v) is 6.24. The van der Waals surface area contributed by atoms with E-state index in [1.165, 1.54) is 0 Å². The number of hydrogen-bond acceptors (Lipinski definition) is 3. The molecule has 1 saturated heterocycles. The number of hydrogen-bond donors (Lipinski definition) is 0. The Balaban J connectivity index is 1.72. The molecule has 0 aromatic heterocycles. The second-order valence-electron chi connectivity index (χ2n) is 6.24. The van der Waals surface area contributed by atoms with E-state index in [4.69, 9.17) is 4.74 Å². The molecular formula is C19H19NO3. The van der Waals surface area contributed by atoms with Gasteiger partial charge in [-0.1, -0.05) is 48.5 Å². The average molecular weight is 309 g/mol. The topological polar surface area (TPSA) is 46.6 Å². The van der Waals surface area contributed by atoms with Crippen LogP contribution in [0.15, 0.2) is 60.7 Å². The standard InChI is InChI=1S/C19H19NO3/c1-19(2)16(14-9-5-3-6-10-14)20(18(19)22)13-23-17(21)15-11-7-4-8-12-15/h3-12,16H,13H2,1-2H3. The average Bonchev–Trinajstić information content (AvgIpc) is 2.59. The van der Waals surface area contributed by atoms with Crippen molar-refractivity contribution in [2.75, 3.05) is 6.73 Å². The normalized spacial score (nSPS) is 19.1. The molecule has 1 atom stereocenters. The lowest BCUT2D eigenvalue weighted by Gasteiger charge is -2.52. The molecule has 0 N–H and O–H groups in total. The third-order valence-electron chi connectivity index (χ3n) is 4.27. The van der Waals surface area contributed by atoms with Gasteiger partial charge in [-0.2, -0.15) is 0 Å². The van der Waals surface area contributed by atoms with E-state index in [0.29, 0.717) is 5.56 Å². The minimum Gasteiger partial charge on any atom is -0.441 e. The number of carbonyl (C=O) groups is 2. The predicted octanol–water partition coefficient (Wildman–Crippen LogP) is 3.41. The van der Waals surface area contributed by atoms with E-state index < -0.39 is 11.4 Å². The van der Waals surface area contributed by atoms with Crippen LogP contribution in [0.25, 0.3) is 0 Å². The van der Waals surface area contributed by atoms with Gasteiger partial charge in [0.1, 0.15) is 0 Å². The molecule has 23 heavy (non-hydrogen) atoms. The Bertz CT molecular complexity index is 710. The second kappa shape index (κ2) is 5.88. The highest BCUT2D eigenvalue weighted by atomic mass is 16.5. The van der Waals surface area contributed by atoms with Crippen molar-refractivity contribution in [3.05, 3.63) is 71.8 Å². The van der Waals surface area contributed by atoms with Crippen molar-refractivity contribution >= 4 is 11.9 Å². The Morgan fingerprint density at radius 1 is 1.04 bits per heavy atom. The Labute approximate surface area is 135 Å². The molecule has 0 radical (unpaired) electrons. The van der Waals surface area contributed by atoms with Gasteiger partial charge in [0.05, 0.1) is 17.0 Å². The smallest absolute Gasteiger partial charge is 0.339 e. The molecule has 0 spiro atoms. The van der Waals surface area contributed by atoms with Crippen LogP contribution >= 0.6 is 0 Å². The van der Waals surface area contributed by atoms with Crippen molar-refractivity contribution in [3.8, 4) is 0 Å². The molecule has 4 heteroatoms. The highest BCUT2D eigenvalue weighted by molar-refractivity contribution is 5.91. The van der Waals surface area contributed by atoms with Crippen LogP contribution in [-0.4, -0.2) is 23.5 Å². The zero-order chi connectivity index (χ0) is 16.4. The Morgan fingerprint density at radius 3 is 2.22 bits per heavy atom. The SMILES string of the molecule is CC1(C)C(=O)N(COC(=O)c2ccccc2)C1c1ccccc1. The van der Waals surface area contributed by atoms with Crippen molar-refractivity contribution in [1.82, 2.24) is 4.90 Å². The summed E-state index contributed by atoms with van der Waals surface area (Å²) in [5.74, 6) is -0.429. The van der Waals surface area contributed by atoms with Crippen LogP contribution < -0.4 is 0 Å². The van der Waals surface area contributed by atoms with Gasteiger partial charge < -0.3 is 9.64 Å². The van der Waals surface area contributed by atoms with E-state index in [9.17, 15) is 9.59 Å². The number of benzene rings is 2. The van der Waals surface area contributed by atoms with Gasteiger partial charge in [0, 0.05) is 0 Å². The number of amides is 1. The summed E-state index contributed by atoms with van der Waals surface area (Å²) in [4.78, 5) is 26.0. The molecule has 0 saturated carbocycles. The zero-order valence-electron chi connectivity index (χ0n) is 13.2. The van der Waals surface area contributed by atoms with E-state index in [1.54, 1.807) is 29.2 Å². The highest BCUT2D eigenvalue weighted by Crippen LogP contribution is 2.49. The van der Waals surface area contributed by atoms with Gasteiger partial charge in [-0.05, 0) is 31.5 Å². The van der Waals surface area contributed by atoms with E-state index in [2.05, 4.69) is 0 Å². The molecular weight excluding hydrogens is 290 g/mol. The van der Waals surface area contributed by atoms with Crippen LogP contribution in [0.1, 0.15) is 35.8 Å². The highest BCUT2D eigenvalue weighted by Gasteiger charge is 2.55.